The molecule has 1 aromatic carbocycles. The molecule has 0 aliphatic rings. The van der Waals surface area contributed by atoms with Gasteiger partial charge >= 0.3 is 0 Å². The van der Waals surface area contributed by atoms with Crippen molar-refractivity contribution in [3.8, 4) is 11.4 Å². The zero-order chi connectivity index (χ0) is 13.1. The first kappa shape index (κ1) is 12.8. The Labute approximate surface area is 110 Å². The fourth-order valence-corrected chi connectivity index (χ4v) is 1.96. The molecular weight excluding hydrogens is 250 g/mol. The SMILES string of the molecule is CNCc1c(C)nc(-c2cccc(Cl)c2)[nH]c1=O. The Morgan fingerprint density at radius 2 is 2.22 bits per heavy atom. The predicted molar refractivity (Wildman–Crippen MR) is 72.8 cm³/mol. The molecule has 1 heterocycles. The summed E-state index contributed by atoms with van der Waals surface area (Å²) in [6, 6.07) is 7.25. The molecule has 1 aromatic heterocycles. The Morgan fingerprint density at radius 3 is 2.83 bits per heavy atom. The number of nitrogens with zero attached hydrogens (tertiary/aromatic N) is 1. The zero-order valence-corrected chi connectivity index (χ0v) is 11.0. The molecule has 0 spiro atoms. The monoisotopic (exact) mass is 263 g/mol. The number of nitrogens with one attached hydrogen (secondary N) is 2. The van der Waals surface area contributed by atoms with E-state index in [9.17, 15) is 4.79 Å². The third-order valence-corrected chi connectivity index (χ3v) is 2.91. The average molecular weight is 264 g/mol. The van der Waals surface area contributed by atoms with Gasteiger partial charge in [0.1, 0.15) is 5.82 Å². The summed E-state index contributed by atoms with van der Waals surface area (Å²) in [4.78, 5) is 19.1. The van der Waals surface area contributed by atoms with Crippen LogP contribution in [0.4, 0.5) is 0 Å². The van der Waals surface area contributed by atoms with E-state index in [0.29, 0.717) is 23.0 Å². The quantitative estimate of drug-likeness (QED) is 0.892. The maximum absolute atomic E-state index is 11.9. The van der Waals surface area contributed by atoms with Gasteiger partial charge in [0.15, 0.2) is 0 Å². The molecule has 0 bridgehead atoms. The first-order chi connectivity index (χ1) is 8.61. The van der Waals surface area contributed by atoms with Crippen molar-refractivity contribution < 1.29 is 0 Å². The van der Waals surface area contributed by atoms with Crippen LogP contribution in [0.1, 0.15) is 11.3 Å². The van der Waals surface area contributed by atoms with E-state index in [2.05, 4.69) is 15.3 Å². The van der Waals surface area contributed by atoms with E-state index in [0.717, 1.165) is 11.3 Å². The standard InChI is InChI=1S/C13H14ClN3O/c1-8-11(7-15-2)13(18)17-12(16-8)9-4-3-5-10(14)6-9/h3-6,15H,7H2,1-2H3,(H,16,17,18). The van der Waals surface area contributed by atoms with Crippen LogP contribution in [-0.2, 0) is 6.54 Å². The van der Waals surface area contributed by atoms with Crippen LogP contribution < -0.4 is 10.9 Å². The lowest BCUT2D eigenvalue weighted by Gasteiger charge is -2.07. The number of rotatable bonds is 3. The zero-order valence-electron chi connectivity index (χ0n) is 10.2. The molecule has 0 amide bonds. The van der Waals surface area contributed by atoms with Gasteiger partial charge in [0.25, 0.3) is 5.56 Å². The first-order valence-electron chi connectivity index (χ1n) is 5.62. The molecule has 2 rings (SSSR count). The maximum Gasteiger partial charge on any atom is 0.255 e. The molecule has 0 saturated heterocycles. The molecule has 4 nitrogen and oxygen atoms in total. The van der Waals surface area contributed by atoms with Crippen molar-refractivity contribution in [1.82, 2.24) is 15.3 Å². The lowest BCUT2D eigenvalue weighted by Crippen LogP contribution is -2.21. The molecule has 0 atom stereocenters. The molecule has 0 aliphatic carbocycles. The van der Waals surface area contributed by atoms with Crippen LogP contribution in [0.15, 0.2) is 29.1 Å². The smallest absolute Gasteiger partial charge is 0.255 e. The fraction of sp³-hybridized carbons (Fsp3) is 0.231. The molecule has 0 fully saturated rings. The molecule has 0 unspecified atom stereocenters. The Hall–Kier alpha value is -1.65. The molecule has 0 radical (unpaired) electrons. The van der Waals surface area contributed by atoms with Gasteiger partial charge in [-0.2, -0.15) is 0 Å². The summed E-state index contributed by atoms with van der Waals surface area (Å²) in [5, 5.41) is 3.57. The maximum atomic E-state index is 11.9. The molecule has 18 heavy (non-hydrogen) atoms. The highest BCUT2D eigenvalue weighted by atomic mass is 35.5. The van der Waals surface area contributed by atoms with Crippen molar-refractivity contribution in [3.63, 3.8) is 0 Å². The van der Waals surface area contributed by atoms with E-state index in [1.54, 1.807) is 19.2 Å². The molecule has 0 saturated carbocycles. The number of hydrogen-bond donors (Lipinski definition) is 2. The van der Waals surface area contributed by atoms with Crippen LogP contribution in [0.2, 0.25) is 5.02 Å². The summed E-state index contributed by atoms with van der Waals surface area (Å²) < 4.78 is 0. The average Bonchev–Trinajstić information content (AvgIpc) is 2.33. The summed E-state index contributed by atoms with van der Waals surface area (Å²) in [7, 11) is 1.80. The van der Waals surface area contributed by atoms with Gasteiger partial charge in [-0.05, 0) is 26.1 Å². The van der Waals surface area contributed by atoms with Gasteiger partial charge < -0.3 is 10.3 Å². The van der Waals surface area contributed by atoms with Crippen molar-refractivity contribution in [3.05, 3.63) is 50.9 Å². The predicted octanol–water partition coefficient (Wildman–Crippen LogP) is 2.12. The Bertz CT molecular complexity index is 622. The van der Waals surface area contributed by atoms with Crippen LogP contribution in [0.5, 0.6) is 0 Å². The normalized spacial score (nSPS) is 10.6. The molecule has 5 heteroatoms. The van der Waals surface area contributed by atoms with Gasteiger partial charge in [-0.15, -0.1) is 0 Å². The molecule has 0 aliphatic heterocycles. The van der Waals surface area contributed by atoms with Crippen LogP contribution in [0.25, 0.3) is 11.4 Å². The number of halogens is 1. The largest absolute Gasteiger partial charge is 0.315 e. The van der Waals surface area contributed by atoms with E-state index >= 15 is 0 Å². The van der Waals surface area contributed by atoms with Gasteiger partial charge in [0, 0.05) is 22.8 Å². The van der Waals surface area contributed by atoms with Gasteiger partial charge in [0.05, 0.1) is 5.56 Å². The van der Waals surface area contributed by atoms with Crippen LogP contribution >= 0.6 is 11.6 Å². The highest BCUT2D eigenvalue weighted by Gasteiger charge is 2.08. The third kappa shape index (κ3) is 2.60. The number of benzene rings is 1. The van der Waals surface area contributed by atoms with Crippen molar-refractivity contribution in [2.45, 2.75) is 13.5 Å². The van der Waals surface area contributed by atoms with Crippen LogP contribution in [0, 0.1) is 6.92 Å². The van der Waals surface area contributed by atoms with E-state index < -0.39 is 0 Å². The lowest BCUT2D eigenvalue weighted by atomic mass is 10.2. The van der Waals surface area contributed by atoms with Gasteiger partial charge in [-0.25, -0.2) is 4.98 Å². The second-order valence-corrected chi connectivity index (χ2v) is 4.46. The van der Waals surface area contributed by atoms with Crippen molar-refractivity contribution >= 4 is 11.6 Å². The molecule has 2 N–H and O–H groups in total. The summed E-state index contributed by atoms with van der Waals surface area (Å²) in [6.07, 6.45) is 0. The Morgan fingerprint density at radius 1 is 1.44 bits per heavy atom. The second kappa shape index (κ2) is 5.33. The van der Waals surface area contributed by atoms with Crippen LogP contribution in [-0.4, -0.2) is 17.0 Å². The van der Waals surface area contributed by atoms with Gasteiger partial charge in [-0.1, -0.05) is 23.7 Å². The fourth-order valence-electron chi connectivity index (χ4n) is 1.77. The Kier molecular flexibility index (Phi) is 3.79. The Balaban J connectivity index is 2.51. The number of aromatic nitrogens is 2. The summed E-state index contributed by atoms with van der Waals surface area (Å²) in [5.74, 6) is 0.542. The number of aromatic amines is 1. The topological polar surface area (TPSA) is 57.8 Å². The second-order valence-electron chi connectivity index (χ2n) is 4.02. The number of H-pyrrole nitrogens is 1. The van der Waals surface area contributed by atoms with E-state index in [1.807, 2.05) is 19.1 Å². The van der Waals surface area contributed by atoms with Gasteiger partial charge in [0.2, 0.25) is 0 Å². The minimum absolute atomic E-state index is 0.119. The summed E-state index contributed by atoms with van der Waals surface area (Å²) in [5.41, 5.74) is 2.07. The molecular formula is C13H14ClN3O. The van der Waals surface area contributed by atoms with E-state index in [-0.39, 0.29) is 5.56 Å². The van der Waals surface area contributed by atoms with E-state index in [1.165, 1.54) is 0 Å². The lowest BCUT2D eigenvalue weighted by molar-refractivity contribution is 0.787. The summed E-state index contributed by atoms with van der Waals surface area (Å²) in [6.45, 7) is 2.33. The number of aryl methyl sites for hydroxylation is 1. The highest BCUT2D eigenvalue weighted by molar-refractivity contribution is 6.30. The minimum Gasteiger partial charge on any atom is -0.315 e. The van der Waals surface area contributed by atoms with Gasteiger partial charge in [-0.3, -0.25) is 4.79 Å². The minimum atomic E-state index is -0.119. The molecule has 2 aromatic rings. The van der Waals surface area contributed by atoms with Crippen molar-refractivity contribution in [2.24, 2.45) is 0 Å². The molecule has 94 valence electrons. The van der Waals surface area contributed by atoms with Crippen LogP contribution in [0.3, 0.4) is 0 Å². The highest BCUT2D eigenvalue weighted by Crippen LogP contribution is 2.19. The third-order valence-electron chi connectivity index (χ3n) is 2.67. The van der Waals surface area contributed by atoms with E-state index in [4.69, 9.17) is 11.6 Å². The first-order valence-corrected chi connectivity index (χ1v) is 6.00. The number of hydrogen-bond acceptors (Lipinski definition) is 3. The van der Waals surface area contributed by atoms with Crippen molar-refractivity contribution in [2.75, 3.05) is 7.05 Å². The summed E-state index contributed by atoms with van der Waals surface area (Å²) >= 11 is 5.93. The van der Waals surface area contributed by atoms with Crippen molar-refractivity contribution in [1.29, 1.82) is 0 Å².